The molecule has 2 fully saturated rings. The predicted octanol–water partition coefficient (Wildman–Crippen LogP) is 8.85. The highest BCUT2D eigenvalue weighted by Gasteiger charge is 2.37. The van der Waals surface area contributed by atoms with Gasteiger partial charge in [-0.25, -0.2) is 9.18 Å². The van der Waals surface area contributed by atoms with Gasteiger partial charge in [0, 0.05) is 5.56 Å². The number of rotatable bonds is 9. The van der Waals surface area contributed by atoms with E-state index in [4.69, 9.17) is 0 Å². The van der Waals surface area contributed by atoms with Gasteiger partial charge < -0.3 is 5.11 Å². The molecular weight excluding hydrogens is 411 g/mol. The molecule has 3 heteroatoms. The highest BCUT2D eigenvalue weighted by Crippen LogP contribution is 2.49. The second-order valence-corrected chi connectivity index (χ2v) is 10.5. The number of aromatic carboxylic acids is 1. The van der Waals surface area contributed by atoms with Crippen molar-refractivity contribution in [3.05, 3.63) is 59.4 Å². The maximum Gasteiger partial charge on any atom is 0.336 e. The smallest absolute Gasteiger partial charge is 0.336 e. The zero-order valence-electron chi connectivity index (χ0n) is 20.1. The van der Waals surface area contributed by atoms with E-state index in [1.165, 1.54) is 64.2 Å². The summed E-state index contributed by atoms with van der Waals surface area (Å²) in [7, 11) is 0. The van der Waals surface area contributed by atoms with Crippen molar-refractivity contribution in [3.8, 4) is 11.1 Å². The maximum atomic E-state index is 15.8. The van der Waals surface area contributed by atoms with Crippen LogP contribution in [-0.4, -0.2) is 11.1 Å². The summed E-state index contributed by atoms with van der Waals surface area (Å²) in [6.45, 7) is 2.27. The molecule has 1 N–H and O–H groups in total. The van der Waals surface area contributed by atoms with E-state index in [-0.39, 0.29) is 22.9 Å². The molecule has 2 aromatic rings. The van der Waals surface area contributed by atoms with E-state index in [1.54, 1.807) is 24.3 Å². The van der Waals surface area contributed by atoms with Gasteiger partial charge in [0.15, 0.2) is 0 Å². The third kappa shape index (κ3) is 5.67. The Morgan fingerprint density at radius 3 is 2.39 bits per heavy atom. The molecule has 2 aromatic carbocycles. The van der Waals surface area contributed by atoms with Crippen molar-refractivity contribution in [2.75, 3.05) is 0 Å². The zero-order valence-corrected chi connectivity index (χ0v) is 20.1. The number of hydrogen-bond acceptors (Lipinski definition) is 1. The van der Waals surface area contributed by atoms with Gasteiger partial charge in [-0.05, 0) is 73.0 Å². The second kappa shape index (κ2) is 11.3. The van der Waals surface area contributed by atoms with Gasteiger partial charge in [-0.3, -0.25) is 0 Å². The topological polar surface area (TPSA) is 37.3 Å². The van der Waals surface area contributed by atoms with Crippen LogP contribution in [0.25, 0.3) is 11.1 Å². The summed E-state index contributed by atoms with van der Waals surface area (Å²) >= 11 is 0. The Hall–Kier alpha value is -2.16. The quantitative estimate of drug-likeness (QED) is 0.387. The number of carboxylic acid groups (broad SMARTS) is 1. The normalized spacial score (nSPS) is 24.9. The molecule has 2 saturated carbocycles. The van der Waals surface area contributed by atoms with E-state index < -0.39 is 5.97 Å². The van der Waals surface area contributed by atoms with E-state index in [1.807, 2.05) is 18.2 Å². The molecule has 2 nitrogen and oxygen atoms in total. The maximum absolute atomic E-state index is 15.8. The van der Waals surface area contributed by atoms with Gasteiger partial charge in [0.2, 0.25) is 0 Å². The summed E-state index contributed by atoms with van der Waals surface area (Å²) in [4.78, 5) is 11.8. The first-order chi connectivity index (χ1) is 16.1. The minimum Gasteiger partial charge on any atom is -0.478 e. The van der Waals surface area contributed by atoms with Gasteiger partial charge in [0.25, 0.3) is 0 Å². The van der Waals surface area contributed by atoms with Crippen molar-refractivity contribution in [1.82, 2.24) is 0 Å². The first-order valence-corrected chi connectivity index (χ1v) is 13.2. The van der Waals surface area contributed by atoms with Crippen molar-refractivity contribution in [1.29, 1.82) is 0 Å². The van der Waals surface area contributed by atoms with E-state index in [9.17, 15) is 9.90 Å². The monoisotopic (exact) mass is 450 g/mol. The van der Waals surface area contributed by atoms with E-state index in [0.29, 0.717) is 11.5 Å². The van der Waals surface area contributed by atoms with Gasteiger partial charge >= 0.3 is 5.97 Å². The fraction of sp³-hybridized carbons (Fsp3) is 0.567. The summed E-state index contributed by atoms with van der Waals surface area (Å²) in [6, 6.07) is 12.5. The molecule has 0 bridgehead atoms. The molecule has 0 aromatic heterocycles. The lowest BCUT2D eigenvalue weighted by molar-refractivity contribution is 0.0697. The number of fused-ring (bicyclic) bond motifs is 1. The number of carboxylic acids is 1. The molecule has 2 aliphatic carbocycles. The second-order valence-electron chi connectivity index (χ2n) is 10.5. The third-order valence-electron chi connectivity index (χ3n) is 8.34. The standard InChI is InChI=1S/C30H39FO2/c1-2-3-4-5-7-10-21-13-14-24-20-25(16-15-23(24)19-21)26-17-18-27(30(32)33)28(29(26)31)22-11-8-6-9-12-22/h6,8-9,11-12,17-18,21,23-25H,2-5,7,10,13-16,19-20H2,1H3,(H,32,33). The average molecular weight is 451 g/mol. The Kier molecular flexibility index (Phi) is 8.22. The molecule has 0 aliphatic heterocycles. The average Bonchev–Trinajstić information content (AvgIpc) is 2.83. The SMILES string of the molecule is CCCCCCCC1CCC2CC(c3ccc(C(=O)O)c(-c4ccccc4)c3F)CCC2C1. The lowest BCUT2D eigenvalue weighted by atomic mass is 9.63. The molecule has 33 heavy (non-hydrogen) atoms. The number of unbranched alkanes of at least 4 members (excludes halogenated alkanes) is 4. The fourth-order valence-corrected chi connectivity index (χ4v) is 6.54. The molecule has 0 heterocycles. The zero-order chi connectivity index (χ0) is 23.2. The molecule has 4 rings (SSSR count). The molecule has 0 saturated heterocycles. The Labute approximate surface area is 198 Å². The molecule has 0 spiro atoms. The summed E-state index contributed by atoms with van der Waals surface area (Å²) in [5, 5.41) is 9.67. The minimum absolute atomic E-state index is 0.0515. The molecule has 0 radical (unpaired) electrons. The molecule has 4 atom stereocenters. The van der Waals surface area contributed by atoms with Crippen LogP contribution < -0.4 is 0 Å². The predicted molar refractivity (Wildman–Crippen MR) is 133 cm³/mol. The number of hydrogen-bond donors (Lipinski definition) is 1. The molecule has 2 aliphatic rings. The van der Waals surface area contributed by atoms with Crippen LogP contribution in [0.5, 0.6) is 0 Å². The molecular formula is C30H39FO2. The van der Waals surface area contributed by atoms with E-state index >= 15 is 4.39 Å². The van der Waals surface area contributed by atoms with Crippen molar-refractivity contribution >= 4 is 5.97 Å². The van der Waals surface area contributed by atoms with Gasteiger partial charge in [0.05, 0.1) is 5.56 Å². The Balaban J connectivity index is 1.43. The van der Waals surface area contributed by atoms with Crippen molar-refractivity contribution in [2.24, 2.45) is 17.8 Å². The first-order valence-electron chi connectivity index (χ1n) is 13.2. The molecule has 178 valence electrons. The first kappa shape index (κ1) is 24.0. The lowest BCUT2D eigenvalue weighted by Crippen LogP contribution is -2.30. The van der Waals surface area contributed by atoms with Gasteiger partial charge in [0.1, 0.15) is 5.82 Å². The Morgan fingerprint density at radius 2 is 1.64 bits per heavy atom. The summed E-state index contributed by atoms with van der Waals surface area (Å²) in [6.07, 6.45) is 15.4. The lowest BCUT2D eigenvalue weighted by Gasteiger charge is -2.42. The van der Waals surface area contributed by atoms with Crippen LogP contribution in [0.2, 0.25) is 0 Å². The van der Waals surface area contributed by atoms with Gasteiger partial charge in [-0.1, -0.05) is 88.3 Å². The third-order valence-corrected chi connectivity index (χ3v) is 8.34. The van der Waals surface area contributed by atoms with E-state index in [2.05, 4.69) is 6.92 Å². The van der Waals surface area contributed by atoms with Crippen LogP contribution >= 0.6 is 0 Å². The number of benzene rings is 2. The fourth-order valence-electron chi connectivity index (χ4n) is 6.54. The van der Waals surface area contributed by atoms with Crippen LogP contribution in [0.15, 0.2) is 42.5 Å². The Morgan fingerprint density at radius 1 is 0.909 bits per heavy atom. The van der Waals surface area contributed by atoms with Crippen LogP contribution in [0.1, 0.15) is 106 Å². The highest BCUT2D eigenvalue weighted by molar-refractivity contribution is 5.96. The highest BCUT2D eigenvalue weighted by atomic mass is 19.1. The van der Waals surface area contributed by atoms with Crippen LogP contribution in [-0.2, 0) is 0 Å². The van der Waals surface area contributed by atoms with Crippen LogP contribution in [0.4, 0.5) is 4.39 Å². The van der Waals surface area contributed by atoms with Gasteiger partial charge in [-0.2, -0.15) is 0 Å². The number of halogens is 1. The molecule has 4 unspecified atom stereocenters. The van der Waals surface area contributed by atoms with Crippen molar-refractivity contribution < 1.29 is 14.3 Å². The summed E-state index contributed by atoms with van der Waals surface area (Å²) < 4.78 is 15.8. The minimum atomic E-state index is -1.07. The van der Waals surface area contributed by atoms with Crippen molar-refractivity contribution in [3.63, 3.8) is 0 Å². The Bertz CT molecular complexity index is 922. The molecule has 0 amide bonds. The largest absolute Gasteiger partial charge is 0.478 e. The van der Waals surface area contributed by atoms with Crippen LogP contribution in [0, 0.1) is 23.6 Å². The van der Waals surface area contributed by atoms with Crippen molar-refractivity contribution in [2.45, 2.75) is 89.9 Å². The van der Waals surface area contributed by atoms with E-state index in [0.717, 1.165) is 30.2 Å². The van der Waals surface area contributed by atoms with Gasteiger partial charge in [-0.15, -0.1) is 0 Å². The summed E-state index contributed by atoms with van der Waals surface area (Å²) in [5.74, 6) is 1.17. The summed E-state index contributed by atoms with van der Waals surface area (Å²) in [5.41, 5.74) is 1.66. The van der Waals surface area contributed by atoms with Crippen LogP contribution in [0.3, 0.4) is 0 Å². The number of carbonyl (C=O) groups is 1.